The normalized spacial score (nSPS) is 15.4. The topological polar surface area (TPSA) is 70.7 Å². The minimum atomic E-state index is 0. The van der Waals surface area contributed by atoms with Crippen LogP contribution in [0.1, 0.15) is 26.7 Å². The van der Waals surface area contributed by atoms with Gasteiger partial charge >= 0.3 is 0 Å². The van der Waals surface area contributed by atoms with Crippen LogP contribution in [0.4, 0.5) is 0 Å². The Labute approximate surface area is 120 Å². The Balaban J connectivity index is 0.00000256. The Morgan fingerprint density at radius 3 is 2.59 bits per heavy atom. The van der Waals surface area contributed by atoms with Gasteiger partial charge in [-0.2, -0.15) is 0 Å². The van der Waals surface area contributed by atoms with Crippen LogP contribution in [-0.2, 0) is 4.79 Å². The van der Waals surface area contributed by atoms with E-state index in [1.54, 1.807) is 0 Å². The lowest BCUT2D eigenvalue weighted by Crippen LogP contribution is -2.36. The number of aliphatic imine (C=N–C) groups is 1. The molecule has 1 aliphatic carbocycles. The molecule has 1 rings (SSSR count). The third-order valence-corrected chi connectivity index (χ3v) is 2.67. The second kappa shape index (κ2) is 7.73. The van der Waals surface area contributed by atoms with Gasteiger partial charge in [-0.15, -0.1) is 24.0 Å². The number of nitrogens with one attached hydrogen (secondary N) is 1. The zero-order valence-electron chi connectivity index (χ0n) is 10.8. The number of nitrogens with two attached hydrogens (primary N) is 1. The fourth-order valence-electron chi connectivity index (χ4n) is 1.31. The summed E-state index contributed by atoms with van der Waals surface area (Å²) >= 11 is 0. The molecule has 0 aromatic heterocycles. The molecule has 0 unspecified atom stereocenters. The Morgan fingerprint density at radius 2 is 2.12 bits per heavy atom. The molecule has 0 radical (unpaired) electrons. The Kier molecular flexibility index (Phi) is 7.49. The number of nitrogens with zero attached hydrogens (tertiary/aromatic N) is 2. The van der Waals surface area contributed by atoms with Crippen molar-refractivity contribution in [3.8, 4) is 0 Å². The smallest absolute Gasteiger partial charge is 0.222 e. The predicted octanol–water partition coefficient (Wildman–Crippen LogP) is 0.785. The molecule has 6 heteroatoms. The van der Waals surface area contributed by atoms with Crippen molar-refractivity contribution in [3.63, 3.8) is 0 Å². The summed E-state index contributed by atoms with van der Waals surface area (Å²) in [5, 5.41) is 2.80. The van der Waals surface area contributed by atoms with Gasteiger partial charge in [-0.3, -0.25) is 9.79 Å². The van der Waals surface area contributed by atoms with Crippen molar-refractivity contribution in [2.75, 3.05) is 20.1 Å². The molecular weight excluding hydrogens is 331 g/mol. The number of guanidine groups is 1. The lowest BCUT2D eigenvalue weighted by molar-refractivity contribution is -0.123. The Hall–Kier alpha value is -0.530. The number of hydrogen-bond donors (Lipinski definition) is 2. The van der Waals surface area contributed by atoms with Crippen molar-refractivity contribution < 1.29 is 4.79 Å². The van der Waals surface area contributed by atoms with Gasteiger partial charge in [0.15, 0.2) is 5.96 Å². The first-order valence-electron chi connectivity index (χ1n) is 5.83. The lowest BCUT2D eigenvalue weighted by Gasteiger charge is -2.16. The molecule has 0 atom stereocenters. The standard InChI is InChI=1S/C11H22N4O.HI/c1-8(2)10(16)13-6-7-14-11(12)15(3)9-4-5-9;/h8-9H,4-7H2,1-3H3,(H2,12,14)(H,13,16);1H. The molecular formula is C11H23IN4O. The van der Waals surface area contributed by atoms with E-state index in [4.69, 9.17) is 5.73 Å². The average molecular weight is 354 g/mol. The minimum absolute atomic E-state index is 0. The molecule has 1 saturated carbocycles. The average Bonchev–Trinajstić information content (AvgIpc) is 3.06. The molecule has 0 spiro atoms. The minimum Gasteiger partial charge on any atom is -0.370 e. The maximum Gasteiger partial charge on any atom is 0.222 e. The second-order valence-corrected chi connectivity index (χ2v) is 4.53. The number of carbonyl (C=O) groups is 1. The van der Waals surface area contributed by atoms with Gasteiger partial charge < -0.3 is 16.0 Å². The maximum atomic E-state index is 11.2. The summed E-state index contributed by atoms with van der Waals surface area (Å²) < 4.78 is 0. The highest BCUT2D eigenvalue weighted by atomic mass is 127. The van der Waals surface area contributed by atoms with Gasteiger partial charge in [0, 0.05) is 25.6 Å². The maximum absolute atomic E-state index is 11.2. The molecule has 1 aliphatic rings. The van der Waals surface area contributed by atoms with Crippen molar-refractivity contribution in [1.82, 2.24) is 10.2 Å². The van der Waals surface area contributed by atoms with E-state index in [1.807, 2.05) is 25.8 Å². The third kappa shape index (κ3) is 6.09. The van der Waals surface area contributed by atoms with Crippen LogP contribution in [0.25, 0.3) is 0 Å². The molecule has 0 aliphatic heterocycles. The van der Waals surface area contributed by atoms with E-state index in [0.717, 1.165) is 0 Å². The summed E-state index contributed by atoms with van der Waals surface area (Å²) in [4.78, 5) is 17.5. The van der Waals surface area contributed by atoms with E-state index in [-0.39, 0.29) is 35.8 Å². The highest BCUT2D eigenvalue weighted by Crippen LogP contribution is 2.24. The van der Waals surface area contributed by atoms with Gasteiger partial charge in [0.2, 0.25) is 5.91 Å². The highest BCUT2D eigenvalue weighted by molar-refractivity contribution is 14.0. The van der Waals surface area contributed by atoms with Crippen LogP contribution in [0.2, 0.25) is 0 Å². The van der Waals surface area contributed by atoms with Crippen molar-refractivity contribution in [2.45, 2.75) is 32.7 Å². The van der Waals surface area contributed by atoms with Gasteiger partial charge in [-0.25, -0.2) is 0 Å². The van der Waals surface area contributed by atoms with E-state index in [0.29, 0.717) is 25.1 Å². The first-order valence-corrected chi connectivity index (χ1v) is 5.83. The Bertz CT molecular complexity index is 277. The van der Waals surface area contributed by atoms with E-state index >= 15 is 0 Å². The zero-order valence-corrected chi connectivity index (χ0v) is 13.1. The van der Waals surface area contributed by atoms with E-state index in [1.165, 1.54) is 12.8 Å². The molecule has 0 bridgehead atoms. The molecule has 0 aromatic carbocycles. The molecule has 1 amide bonds. The quantitative estimate of drug-likeness (QED) is 0.332. The fourth-order valence-corrected chi connectivity index (χ4v) is 1.31. The van der Waals surface area contributed by atoms with Crippen LogP contribution in [0.3, 0.4) is 0 Å². The van der Waals surface area contributed by atoms with Crippen molar-refractivity contribution >= 4 is 35.8 Å². The predicted molar refractivity (Wildman–Crippen MR) is 80.5 cm³/mol. The van der Waals surface area contributed by atoms with Crippen LogP contribution in [-0.4, -0.2) is 42.9 Å². The summed E-state index contributed by atoms with van der Waals surface area (Å²) in [6.07, 6.45) is 2.41. The van der Waals surface area contributed by atoms with E-state index < -0.39 is 0 Å². The molecule has 0 aromatic rings. The molecule has 5 nitrogen and oxygen atoms in total. The first-order chi connectivity index (χ1) is 7.52. The third-order valence-electron chi connectivity index (χ3n) is 2.67. The lowest BCUT2D eigenvalue weighted by atomic mass is 10.2. The van der Waals surface area contributed by atoms with Crippen molar-refractivity contribution in [2.24, 2.45) is 16.6 Å². The summed E-state index contributed by atoms with van der Waals surface area (Å²) in [6.45, 7) is 4.83. The number of rotatable bonds is 5. The summed E-state index contributed by atoms with van der Waals surface area (Å²) in [5.41, 5.74) is 5.80. The highest BCUT2D eigenvalue weighted by Gasteiger charge is 2.27. The number of amides is 1. The van der Waals surface area contributed by atoms with Gasteiger partial charge in [-0.1, -0.05) is 13.8 Å². The molecule has 1 fully saturated rings. The molecule has 17 heavy (non-hydrogen) atoms. The van der Waals surface area contributed by atoms with E-state index in [2.05, 4.69) is 10.3 Å². The Morgan fingerprint density at radius 1 is 1.53 bits per heavy atom. The number of halogens is 1. The molecule has 100 valence electrons. The summed E-state index contributed by atoms with van der Waals surface area (Å²) in [6, 6.07) is 0.578. The summed E-state index contributed by atoms with van der Waals surface area (Å²) in [7, 11) is 1.96. The van der Waals surface area contributed by atoms with E-state index in [9.17, 15) is 4.79 Å². The zero-order chi connectivity index (χ0) is 12.1. The fraction of sp³-hybridized carbons (Fsp3) is 0.818. The number of hydrogen-bond acceptors (Lipinski definition) is 2. The number of carbonyl (C=O) groups excluding carboxylic acids is 1. The van der Waals surface area contributed by atoms with Gasteiger partial charge in [0.25, 0.3) is 0 Å². The SMILES string of the molecule is CC(C)C(=O)NCCN=C(N)N(C)C1CC1.I. The largest absolute Gasteiger partial charge is 0.370 e. The molecule has 0 saturated heterocycles. The van der Waals surface area contributed by atoms with Gasteiger partial charge in [-0.05, 0) is 12.8 Å². The molecule has 3 N–H and O–H groups in total. The molecule has 0 heterocycles. The van der Waals surface area contributed by atoms with Gasteiger partial charge in [0.05, 0.1) is 6.54 Å². The van der Waals surface area contributed by atoms with Crippen molar-refractivity contribution in [3.05, 3.63) is 0 Å². The van der Waals surface area contributed by atoms with Crippen LogP contribution in [0, 0.1) is 5.92 Å². The van der Waals surface area contributed by atoms with Crippen LogP contribution in [0.5, 0.6) is 0 Å². The van der Waals surface area contributed by atoms with Crippen LogP contribution >= 0.6 is 24.0 Å². The van der Waals surface area contributed by atoms with Crippen molar-refractivity contribution in [1.29, 1.82) is 0 Å². The van der Waals surface area contributed by atoms with Gasteiger partial charge in [0.1, 0.15) is 0 Å². The van der Waals surface area contributed by atoms with Crippen LogP contribution < -0.4 is 11.1 Å². The summed E-state index contributed by atoms with van der Waals surface area (Å²) in [5.74, 6) is 0.654. The van der Waals surface area contributed by atoms with Crippen LogP contribution in [0.15, 0.2) is 4.99 Å². The second-order valence-electron chi connectivity index (χ2n) is 4.53. The monoisotopic (exact) mass is 354 g/mol. The first kappa shape index (κ1) is 16.5.